The quantitative estimate of drug-likeness (QED) is 0.463. The zero-order chi connectivity index (χ0) is 12.8. The Morgan fingerprint density at radius 1 is 1.47 bits per heavy atom. The molecule has 1 rings (SSSR count). The molecule has 0 aliphatic rings. The van der Waals surface area contributed by atoms with Crippen molar-refractivity contribution in [3.63, 3.8) is 0 Å². The van der Waals surface area contributed by atoms with E-state index in [0.717, 1.165) is 0 Å². The van der Waals surface area contributed by atoms with Crippen LogP contribution in [-0.2, 0) is 9.53 Å². The minimum atomic E-state index is -0.480. The van der Waals surface area contributed by atoms with E-state index in [0.29, 0.717) is 17.0 Å². The highest BCUT2D eigenvalue weighted by molar-refractivity contribution is 6.32. The fraction of sp³-hybridized carbons (Fsp3) is 0.154. The third-order valence-corrected chi connectivity index (χ3v) is 2.25. The van der Waals surface area contributed by atoms with Crippen LogP contribution in [0.2, 0.25) is 0 Å². The smallest absolute Gasteiger partial charge is 0.308 e. The largest absolute Gasteiger partial charge is 0.425 e. The topological polar surface area (TPSA) is 26.3 Å². The second-order valence-electron chi connectivity index (χ2n) is 3.33. The van der Waals surface area contributed by atoms with Crippen LogP contribution in [0.1, 0.15) is 18.9 Å². The van der Waals surface area contributed by atoms with Crippen LogP contribution in [0.4, 0.5) is 4.39 Å². The van der Waals surface area contributed by atoms with Gasteiger partial charge in [0.1, 0.15) is 5.82 Å². The van der Waals surface area contributed by atoms with E-state index in [1.807, 2.05) is 0 Å². The molecule has 2 nitrogen and oxygen atoms in total. The third-order valence-electron chi connectivity index (χ3n) is 1.92. The van der Waals surface area contributed by atoms with Crippen molar-refractivity contribution in [3.8, 4) is 0 Å². The van der Waals surface area contributed by atoms with Crippen LogP contribution in [-0.4, -0.2) is 5.97 Å². The highest BCUT2D eigenvalue weighted by Crippen LogP contribution is 2.25. The van der Waals surface area contributed by atoms with Crippen molar-refractivity contribution in [1.29, 1.82) is 0 Å². The molecule has 4 heteroatoms. The lowest BCUT2D eigenvalue weighted by atomic mass is 10.1. The lowest BCUT2D eigenvalue weighted by Crippen LogP contribution is -2.00. The maximum atomic E-state index is 12.8. The van der Waals surface area contributed by atoms with Gasteiger partial charge >= 0.3 is 5.97 Å². The van der Waals surface area contributed by atoms with Crippen LogP contribution in [0.5, 0.6) is 0 Å². The number of carbonyl (C=O) groups excluding carboxylic acids is 1. The molecule has 90 valence electrons. The number of esters is 1. The Morgan fingerprint density at radius 3 is 2.53 bits per heavy atom. The molecule has 0 aliphatic carbocycles. The molecule has 0 aliphatic heterocycles. The first-order chi connectivity index (χ1) is 8.04. The first kappa shape index (κ1) is 13.5. The molecule has 0 aromatic heterocycles. The number of benzene rings is 1. The van der Waals surface area contributed by atoms with Crippen molar-refractivity contribution in [2.24, 2.45) is 0 Å². The molecule has 0 N–H and O–H groups in total. The van der Waals surface area contributed by atoms with Gasteiger partial charge in [-0.1, -0.05) is 17.7 Å². The number of halogens is 2. The van der Waals surface area contributed by atoms with Crippen molar-refractivity contribution in [3.05, 3.63) is 53.3 Å². The fourth-order valence-corrected chi connectivity index (χ4v) is 1.49. The Kier molecular flexibility index (Phi) is 4.91. The summed E-state index contributed by atoms with van der Waals surface area (Å²) in [6.45, 7) is 4.83. The van der Waals surface area contributed by atoms with E-state index in [9.17, 15) is 9.18 Å². The molecule has 0 amide bonds. The highest BCUT2D eigenvalue weighted by atomic mass is 35.5. The van der Waals surface area contributed by atoms with Crippen molar-refractivity contribution >= 4 is 23.3 Å². The summed E-state index contributed by atoms with van der Waals surface area (Å²) in [5, 5.41) is 0.349. The highest BCUT2D eigenvalue weighted by Gasteiger charge is 2.11. The van der Waals surface area contributed by atoms with Gasteiger partial charge in [-0.05, 0) is 24.3 Å². The Balaban J connectivity index is 3.14. The normalized spacial score (nSPS) is 11.7. The second kappa shape index (κ2) is 6.21. The van der Waals surface area contributed by atoms with Gasteiger partial charge < -0.3 is 4.74 Å². The average molecular weight is 255 g/mol. The lowest BCUT2D eigenvalue weighted by molar-refractivity contribution is -0.134. The summed E-state index contributed by atoms with van der Waals surface area (Å²) >= 11 is 6.00. The summed E-state index contributed by atoms with van der Waals surface area (Å²) < 4.78 is 17.8. The molecule has 1 aromatic carbocycles. The van der Waals surface area contributed by atoms with E-state index < -0.39 is 5.97 Å². The van der Waals surface area contributed by atoms with Gasteiger partial charge in [0.05, 0.1) is 5.03 Å². The van der Waals surface area contributed by atoms with Gasteiger partial charge in [0.25, 0.3) is 0 Å². The van der Waals surface area contributed by atoms with E-state index >= 15 is 0 Å². The van der Waals surface area contributed by atoms with Crippen molar-refractivity contribution in [2.45, 2.75) is 13.3 Å². The van der Waals surface area contributed by atoms with Gasteiger partial charge in [0.15, 0.2) is 5.76 Å². The molecule has 0 bridgehead atoms. The molecule has 17 heavy (non-hydrogen) atoms. The monoisotopic (exact) mass is 254 g/mol. The molecule has 0 spiro atoms. The molecule has 0 saturated carbocycles. The van der Waals surface area contributed by atoms with Crippen LogP contribution in [0.3, 0.4) is 0 Å². The van der Waals surface area contributed by atoms with Gasteiger partial charge in [-0.25, -0.2) is 4.39 Å². The number of rotatable bonds is 4. The molecule has 0 radical (unpaired) electrons. The SMILES string of the molecule is C=CC/C(Cl)=C(/OC(C)=O)c1ccc(F)cc1. The van der Waals surface area contributed by atoms with Crippen LogP contribution < -0.4 is 0 Å². The summed E-state index contributed by atoms with van der Waals surface area (Å²) in [4.78, 5) is 11.0. The number of carbonyl (C=O) groups is 1. The van der Waals surface area contributed by atoms with E-state index in [1.165, 1.54) is 31.2 Å². The first-order valence-electron chi connectivity index (χ1n) is 4.98. The molecule has 0 saturated heterocycles. The Hall–Kier alpha value is -1.61. The standard InChI is InChI=1S/C13H12ClFO2/c1-3-4-12(14)13(17-9(2)16)10-5-7-11(15)8-6-10/h3,5-8H,1,4H2,2H3/b13-12-. The summed E-state index contributed by atoms with van der Waals surface area (Å²) in [6, 6.07) is 5.55. The van der Waals surface area contributed by atoms with Gasteiger partial charge in [0.2, 0.25) is 0 Å². The van der Waals surface area contributed by atoms with Gasteiger partial charge in [0, 0.05) is 18.9 Å². The van der Waals surface area contributed by atoms with Crippen LogP contribution in [0, 0.1) is 5.82 Å². The minimum absolute atomic E-state index is 0.235. The maximum Gasteiger partial charge on any atom is 0.308 e. The molecular weight excluding hydrogens is 243 g/mol. The van der Waals surface area contributed by atoms with Gasteiger partial charge in [-0.2, -0.15) is 0 Å². The molecule has 1 aromatic rings. The maximum absolute atomic E-state index is 12.8. The number of ether oxygens (including phenoxy) is 1. The lowest BCUT2D eigenvalue weighted by Gasteiger charge is -2.09. The molecule has 0 atom stereocenters. The molecule has 0 unspecified atom stereocenters. The minimum Gasteiger partial charge on any atom is -0.425 e. The average Bonchev–Trinajstić information content (AvgIpc) is 2.27. The Bertz CT molecular complexity index is 449. The first-order valence-corrected chi connectivity index (χ1v) is 5.36. The van der Waals surface area contributed by atoms with Crippen LogP contribution in [0.15, 0.2) is 42.0 Å². The molecule has 0 heterocycles. The van der Waals surface area contributed by atoms with Crippen molar-refractivity contribution in [1.82, 2.24) is 0 Å². The van der Waals surface area contributed by atoms with Gasteiger partial charge in [-0.3, -0.25) is 4.79 Å². The third kappa shape index (κ3) is 4.04. The second-order valence-corrected chi connectivity index (χ2v) is 3.78. The van der Waals surface area contributed by atoms with Crippen molar-refractivity contribution < 1.29 is 13.9 Å². The molecule has 0 fully saturated rings. The predicted molar refractivity (Wildman–Crippen MR) is 65.8 cm³/mol. The molecular formula is C13H12ClFO2. The van der Waals surface area contributed by atoms with E-state index in [1.54, 1.807) is 6.08 Å². The number of allylic oxidation sites excluding steroid dienone is 2. The zero-order valence-electron chi connectivity index (χ0n) is 9.37. The number of hydrogen-bond acceptors (Lipinski definition) is 2. The van der Waals surface area contributed by atoms with E-state index in [2.05, 4.69) is 6.58 Å². The van der Waals surface area contributed by atoms with E-state index in [-0.39, 0.29) is 11.6 Å². The van der Waals surface area contributed by atoms with E-state index in [4.69, 9.17) is 16.3 Å². The summed E-state index contributed by atoms with van der Waals surface area (Å²) in [6.07, 6.45) is 1.97. The van der Waals surface area contributed by atoms with Gasteiger partial charge in [-0.15, -0.1) is 6.58 Å². The van der Waals surface area contributed by atoms with Crippen LogP contribution in [0.25, 0.3) is 5.76 Å². The Morgan fingerprint density at radius 2 is 2.06 bits per heavy atom. The summed E-state index contributed by atoms with van der Waals surface area (Å²) in [7, 11) is 0. The van der Waals surface area contributed by atoms with Crippen LogP contribution >= 0.6 is 11.6 Å². The summed E-state index contributed by atoms with van der Waals surface area (Å²) in [5.74, 6) is -0.610. The summed E-state index contributed by atoms with van der Waals surface area (Å²) in [5.41, 5.74) is 0.549. The predicted octanol–water partition coefficient (Wildman–Crippen LogP) is 3.87. The Labute approximate surface area is 104 Å². The zero-order valence-corrected chi connectivity index (χ0v) is 10.1. The number of hydrogen-bond donors (Lipinski definition) is 0. The van der Waals surface area contributed by atoms with Crippen molar-refractivity contribution in [2.75, 3.05) is 0 Å². The fourth-order valence-electron chi connectivity index (χ4n) is 1.24.